The van der Waals surface area contributed by atoms with Crippen molar-refractivity contribution in [3.8, 4) is 0 Å². The number of carbonyl (C=O) groups is 1. The number of amides is 1. The van der Waals surface area contributed by atoms with Gasteiger partial charge in [-0.25, -0.2) is 10.9 Å². The highest BCUT2D eigenvalue weighted by Gasteiger charge is 2.29. The van der Waals surface area contributed by atoms with Gasteiger partial charge < -0.3 is 0 Å². The van der Waals surface area contributed by atoms with Crippen molar-refractivity contribution in [3.05, 3.63) is 27.3 Å². The molecule has 14 heavy (non-hydrogen) atoms. The van der Waals surface area contributed by atoms with Gasteiger partial charge in [-0.15, -0.1) is 11.3 Å². The fraction of sp³-hybridized carbons (Fsp3) is 0. The average molecular weight is 242 g/mol. The number of hydrogen-bond donors (Lipinski definition) is 1. The van der Waals surface area contributed by atoms with Gasteiger partial charge in [-0.2, -0.15) is 0 Å². The summed E-state index contributed by atoms with van der Waals surface area (Å²) in [5, 5.41) is 2.95. The summed E-state index contributed by atoms with van der Waals surface area (Å²) in [5.74, 6) is 5.20. The molecule has 1 saturated heterocycles. The monoisotopic (exact) mass is 242 g/mol. The third-order valence-electron chi connectivity index (χ3n) is 1.64. The fourth-order valence-corrected chi connectivity index (χ4v) is 2.81. The van der Waals surface area contributed by atoms with Crippen LogP contribution in [0.5, 0.6) is 0 Å². The summed E-state index contributed by atoms with van der Waals surface area (Å²) in [6, 6.07) is 3.87. The first-order valence-electron chi connectivity index (χ1n) is 3.74. The van der Waals surface area contributed by atoms with Crippen LogP contribution in [-0.4, -0.2) is 15.2 Å². The molecule has 0 aliphatic carbocycles. The molecule has 6 heteroatoms. The Morgan fingerprint density at radius 2 is 2.36 bits per heavy atom. The van der Waals surface area contributed by atoms with E-state index in [-0.39, 0.29) is 5.91 Å². The van der Waals surface area contributed by atoms with Crippen LogP contribution >= 0.6 is 35.3 Å². The third kappa shape index (κ3) is 1.74. The van der Waals surface area contributed by atoms with E-state index in [1.165, 1.54) is 11.8 Å². The highest BCUT2D eigenvalue weighted by Crippen LogP contribution is 2.31. The smallest absolute Gasteiger partial charge is 0.267 e. The quantitative estimate of drug-likeness (QED) is 0.353. The van der Waals surface area contributed by atoms with Crippen molar-refractivity contribution in [2.45, 2.75) is 0 Å². The maximum absolute atomic E-state index is 11.5. The lowest BCUT2D eigenvalue weighted by atomic mass is 10.4. The standard InChI is InChI=1S/C8H6N2OS3/c9-10-7(11)6(14-8(10)12)4-5-2-1-3-13-5/h1-4H,9H2/b6-4-. The van der Waals surface area contributed by atoms with Crippen molar-refractivity contribution in [1.82, 2.24) is 5.01 Å². The molecule has 72 valence electrons. The fourth-order valence-electron chi connectivity index (χ4n) is 0.982. The van der Waals surface area contributed by atoms with Crippen LogP contribution < -0.4 is 5.84 Å². The Hall–Kier alpha value is -0.690. The second-order valence-corrected chi connectivity index (χ2v) is 5.22. The molecule has 2 rings (SSSR count). The summed E-state index contributed by atoms with van der Waals surface area (Å²) < 4.78 is 0.401. The Balaban J connectivity index is 2.29. The highest BCUT2D eigenvalue weighted by atomic mass is 32.2. The Kier molecular flexibility index (Phi) is 2.69. The van der Waals surface area contributed by atoms with E-state index in [0.29, 0.717) is 9.23 Å². The maximum Gasteiger partial charge on any atom is 0.280 e. The van der Waals surface area contributed by atoms with Crippen LogP contribution in [0.25, 0.3) is 6.08 Å². The molecular weight excluding hydrogens is 236 g/mol. The minimum absolute atomic E-state index is 0.228. The SMILES string of the molecule is NN1C(=O)/C(=C/c2cccs2)SC1=S. The molecule has 1 aliphatic heterocycles. The normalized spacial score (nSPS) is 19.8. The lowest BCUT2D eigenvalue weighted by Gasteiger charge is -2.02. The van der Waals surface area contributed by atoms with Crippen LogP contribution in [0.2, 0.25) is 0 Å². The molecule has 0 saturated carbocycles. The van der Waals surface area contributed by atoms with Crippen LogP contribution in [-0.2, 0) is 4.79 Å². The van der Waals surface area contributed by atoms with Crippen LogP contribution in [0.15, 0.2) is 22.4 Å². The average Bonchev–Trinajstić information content (AvgIpc) is 2.73. The number of hydrogen-bond acceptors (Lipinski definition) is 5. The molecule has 1 aromatic rings. The van der Waals surface area contributed by atoms with Crippen molar-refractivity contribution < 1.29 is 4.79 Å². The van der Waals surface area contributed by atoms with E-state index in [1.54, 1.807) is 17.4 Å². The van der Waals surface area contributed by atoms with Gasteiger partial charge in [-0.3, -0.25) is 4.79 Å². The Bertz CT molecular complexity index is 410. The molecule has 1 aliphatic rings. The van der Waals surface area contributed by atoms with Gasteiger partial charge in [-0.1, -0.05) is 30.0 Å². The summed E-state index contributed by atoms with van der Waals surface area (Å²) in [7, 11) is 0. The molecule has 0 atom stereocenters. The van der Waals surface area contributed by atoms with E-state index in [2.05, 4.69) is 0 Å². The summed E-state index contributed by atoms with van der Waals surface area (Å²) in [5.41, 5.74) is 0. The first-order valence-corrected chi connectivity index (χ1v) is 5.85. The number of thioether (sulfide) groups is 1. The van der Waals surface area contributed by atoms with Crippen LogP contribution in [0.3, 0.4) is 0 Å². The lowest BCUT2D eigenvalue weighted by Crippen LogP contribution is -2.34. The van der Waals surface area contributed by atoms with Crippen molar-refractivity contribution in [2.75, 3.05) is 0 Å². The molecule has 0 radical (unpaired) electrons. The van der Waals surface area contributed by atoms with E-state index in [4.69, 9.17) is 18.1 Å². The van der Waals surface area contributed by atoms with Gasteiger partial charge in [0.15, 0.2) is 4.32 Å². The van der Waals surface area contributed by atoms with Crippen molar-refractivity contribution in [2.24, 2.45) is 5.84 Å². The molecule has 1 fully saturated rings. The first-order chi connectivity index (χ1) is 6.68. The summed E-state index contributed by atoms with van der Waals surface area (Å²) in [4.78, 5) is 13.1. The zero-order chi connectivity index (χ0) is 10.1. The largest absolute Gasteiger partial charge is 0.280 e. The van der Waals surface area contributed by atoms with Crippen molar-refractivity contribution in [3.63, 3.8) is 0 Å². The Morgan fingerprint density at radius 1 is 1.57 bits per heavy atom. The third-order valence-corrected chi connectivity index (χ3v) is 3.79. The van der Waals surface area contributed by atoms with E-state index >= 15 is 0 Å². The molecule has 0 bridgehead atoms. The predicted molar refractivity (Wildman–Crippen MR) is 63.5 cm³/mol. The molecule has 0 aromatic carbocycles. The van der Waals surface area contributed by atoms with Crippen LogP contribution in [0.4, 0.5) is 0 Å². The van der Waals surface area contributed by atoms with Gasteiger partial charge in [0.25, 0.3) is 5.91 Å². The number of hydrazine groups is 1. The van der Waals surface area contributed by atoms with Crippen molar-refractivity contribution >= 4 is 51.6 Å². The van der Waals surface area contributed by atoms with Gasteiger partial charge >= 0.3 is 0 Å². The zero-order valence-electron chi connectivity index (χ0n) is 6.97. The minimum atomic E-state index is -0.228. The first kappa shape index (κ1) is 9.85. The number of thiophene rings is 1. The van der Waals surface area contributed by atoms with E-state index in [0.717, 1.165) is 9.89 Å². The van der Waals surface area contributed by atoms with E-state index < -0.39 is 0 Å². The van der Waals surface area contributed by atoms with Crippen LogP contribution in [0.1, 0.15) is 4.88 Å². The van der Waals surface area contributed by atoms with E-state index in [9.17, 15) is 4.79 Å². The Morgan fingerprint density at radius 3 is 2.86 bits per heavy atom. The van der Waals surface area contributed by atoms with Gasteiger partial charge in [0.1, 0.15) is 0 Å². The second-order valence-electron chi connectivity index (χ2n) is 2.57. The molecule has 3 nitrogen and oxygen atoms in total. The van der Waals surface area contributed by atoms with Gasteiger partial charge in [0, 0.05) is 4.88 Å². The maximum atomic E-state index is 11.5. The zero-order valence-corrected chi connectivity index (χ0v) is 9.42. The van der Waals surface area contributed by atoms with Gasteiger partial charge in [-0.05, 0) is 17.5 Å². The topological polar surface area (TPSA) is 46.3 Å². The van der Waals surface area contributed by atoms with Crippen molar-refractivity contribution in [1.29, 1.82) is 0 Å². The number of thiocarbonyl (C=S) groups is 1. The summed E-state index contributed by atoms with van der Waals surface area (Å²) in [6.45, 7) is 0. The van der Waals surface area contributed by atoms with Crippen LogP contribution in [0, 0.1) is 0 Å². The predicted octanol–water partition coefficient (Wildman–Crippen LogP) is 1.82. The minimum Gasteiger partial charge on any atom is -0.267 e. The van der Waals surface area contributed by atoms with Gasteiger partial charge in [0.2, 0.25) is 0 Å². The molecular formula is C8H6N2OS3. The summed E-state index contributed by atoms with van der Waals surface area (Å²) in [6.07, 6.45) is 1.80. The highest BCUT2D eigenvalue weighted by molar-refractivity contribution is 8.26. The molecule has 1 aromatic heterocycles. The number of nitrogens with two attached hydrogens (primary N) is 1. The Labute approximate surface area is 94.5 Å². The van der Waals surface area contributed by atoms with E-state index in [1.807, 2.05) is 17.5 Å². The molecule has 0 unspecified atom stereocenters. The number of nitrogens with zero attached hydrogens (tertiary/aromatic N) is 1. The lowest BCUT2D eigenvalue weighted by molar-refractivity contribution is -0.122. The molecule has 0 spiro atoms. The second kappa shape index (κ2) is 3.82. The molecule has 2 heterocycles. The summed E-state index contributed by atoms with van der Waals surface area (Å²) >= 11 is 7.70. The molecule has 1 amide bonds. The van der Waals surface area contributed by atoms with Gasteiger partial charge in [0.05, 0.1) is 4.91 Å². The number of carbonyl (C=O) groups excluding carboxylic acids is 1. The number of rotatable bonds is 1. The molecule has 2 N–H and O–H groups in total.